The van der Waals surface area contributed by atoms with E-state index in [4.69, 9.17) is 4.74 Å². The van der Waals surface area contributed by atoms with Crippen molar-refractivity contribution in [3.8, 4) is 5.75 Å². The molecule has 2 aromatic rings. The van der Waals surface area contributed by atoms with Gasteiger partial charge in [0.1, 0.15) is 11.3 Å². The molecule has 0 unspecified atom stereocenters. The number of methoxy groups -OCH3 is 1. The molecule has 4 aliphatic heterocycles. The fourth-order valence-corrected chi connectivity index (χ4v) is 6.57. The third-order valence-corrected chi connectivity index (χ3v) is 7.83. The van der Waals surface area contributed by atoms with Gasteiger partial charge in [0.15, 0.2) is 0 Å². The van der Waals surface area contributed by atoms with Crippen molar-refractivity contribution in [2.75, 3.05) is 23.9 Å². The zero-order valence-corrected chi connectivity index (χ0v) is 18.1. The maximum Gasteiger partial charge on any atom is 0.250 e. The molecule has 4 aliphatic rings. The number of carbonyl (C=O) groups is 3. The van der Waals surface area contributed by atoms with Crippen LogP contribution in [0.1, 0.15) is 30.9 Å². The van der Waals surface area contributed by atoms with E-state index in [1.807, 2.05) is 18.2 Å². The van der Waals surface area contributed by atoms with Gasteiger partial charge < -0.3 is 10.1 Å². The van der Waals surface area contributed by atoms with Gasteiger partial charge in [-0.05, 0) is 55.6 Å². The second kappa shape index (κ2) is 6.65. The number of hydrogen-bond acceptors (Lipinski definition) is 5. The van der Waals surface area contributed by atoms with E-state index in [2.05, 4.69) is 17.1 Å². The fraction of sp³-hybridized carbons (Fsp3) is 0.400. The van der Waals surface area contributed by atoms with Crippen LogP contribution in [-0.2, 0) is 26.3 Å². The SMILES string of the molecule is CCc1cccc2c1NC(=O)[C@]21[C@@H]2C(=O)N(c3ccc(OC)cc3)C(=O)[C@@H]2[C@@H]2CCCN21. The predicted molar refractivity (Wildman–Crippen MR) is 118 cm³/mol. The Hall–Kier alpha value is -3.19. The second-order valence-corrected chi connectivity index (χ2v) is 9.03. The van der Waals surface area contributed by atoms with Gasteiger partial charge in [-0.1, -0.05) is 25.1 Å². The molecule has 2 aromatic carbocycles. The van der Waals surface area contributed by atoms with Crippen molar-refractivity contribution in [2.24, 2.45) is 11.8 Å². The molecule has 7 nitrogen and oxygen atoms in total. The molecule has 7 heteroatoms. The molecular formula is C25H25N3O4. The van der Waals surface area contributed by atoms with E-state index in [0.717, 1.165) is 36.1 Å². The van der Waals surface area contributed by atoms with Crippen LogP contribution in [0.25, 0.3) is 0 Å². The van der Waals surface area contributed by atoms with Gasteiger partial charge in [-0.2, -0.15) is 0 Å². The Bertz CT molecular complexity index is 1160. The van der Waals surface area contributed by atoms with Crippen LogP contribution in [0.5, 0.6) is 5.75 Å². The molecule has 164 valence electrons. The Kier molecular flexibility index (Phi) is 4.05. The molecule has 3 amide bonds. The van der Waals surface area contributed by atoms with E-state index in [1.54, 1.807) is 31.4 Å². The number of fused-ring (bicyclic) bond motifs is 7. The lowest BCUT2D eigenvalue weighted by molar-refractivity contribution is -0.135. The summed E-state index contributed by atoms with van der Waals surface area (Å²) in [6.45, 7) is 2.77. The zero-order chi connectivity index (χ0) is 22.2. The van der Waals surface area contributed by atoms with Gasteiger partial charge in [-0.25, -0.2) is 4.90 Å². The first-order chi connectivity index (χ1) is 15.5. The number of aryl methyl sites for hydroxylation is 1. The van der Waals surface area contributed by atoms with E-state index in [-0.39, 0.29) is 23.8 Å². The minimum atomic E-state index is -1.12. The van der Waals surface area contributed by atoms with Gasteiger partial charge in [-0.15, -0.1) is 0 Å². The minimum absolute atomic E-state index is 0.110. The summed E-state index contributed by atoms with van der Waals surface area (Å²) in [5, 5.41) is 3.10. The highest BCUT2D eigenvalue weighted by molar-refractivity contribution is 6.26. The van der Waals surface area contributed by atoms with Crippen LogP contribution in [0.2, 0.25) is 0 Å². The van der Waals surface area contributed by atoms with Crippen molar-refractivity contribution in [1.29, 1.82) is 0 Å². The van der Waals surface area contributed by atoms with Crippen LogP contribution in [0.15, 0.2) is 42.5 Å². The summed E-state index contributed by atoms with van der Waals surface area (Å²) in [5.41, 5.74) is 2.11. The minimum Gasteiger partial charge on any atom is -0.497 e. The maximum atomic E-state index is 13.9. The second-order valence-electron chi connectivity index (χ2n) is 9.03. The number of nitrogens with zero attached hydrogens (tertiary/aromatic N) is 2. The smallest absolute Gasteiger partial charge is 0.250 e. The average Bonchev–Trinajstić information content (AvgIpc) is 3.52. The molecule has 0 saturated carbocycles. The van der Waals surface area contributed by atoms with E-state index in [0.29, 0.717) is 18.0 Å². The highest BCUT2D eigenvalue weighted by Gasteiger charge is 2.74. The summed E-state index contributed by atoms with van der Waals surface area (Å²) < 4.78 is 5.22. The van der Waals surface area contributed by atoms with E-state index < -0.39 is 17.4 Å². The third kappa shape index (κ3) is 2.17. The Morgan fingerprint density at radius 1 is 1.09 bits per heavy atom. The van der Waals surface area contributed by atoms with Crippen LogP contribution in [0, 0.1) is 11.8 Å². The predicted octanol–water partition coefficient (Wildman–Crippen LogP) is 2.69. The Balaban J connectivity index is 1.53. The van der Waals surface area contributed by atoms with Crippen LogP contribution in [0.4, 0.5) is 11.4 Å². The van der Waals surface area contributed by atoms with E-state index in [1.165, 1.54) is 4.90 Å². The number of para-hydroxylation sites is 1. The molecule has 32 heavy (non-hydrogen) atoms. The first-order valence-electron chi connectivity index (χ1n) is 11.3. The summed E-state index contributed by atoms with van der Waals surface area (Å²) >= 11 is 0. The standard InChI is InChI=1S/C25H25N3O4/c1-3-14-6-4-7-17-21(14)26-24(31)25(17)20-19(18-8-5-13-27(18)25)22(29)28(23(20)30)15-9-11-16(32-2)12-10-15/h4,6-7,9-12,18-20H,3,5,8,13H2,1-2H3,(H,26,31)/t18-,19+,20-,25+/m0/s1. The monoisotopic (exact) mass is 431 g/mol. The molecule has 0 radical (unpaired) electrons. The largest absolute Gasteiger partial charge is 0.497 e. The van der Waals surface area contributed by atoms with Crippen molar-refractivity contribution in [2.45, 2.75) is 37.8 Å². The lowest BCUT2D eigenvalue weighted by Gasteiger charge is -2.36. The topological polar surface area (TPSA) is 79.0 Å². The Labute approximate surface area is 186 Å². The van der Waals surface area contributed by atoms with Gasteiger partial charge in [0, 0.05) is 17.3 Å². The quantitative estimate of drug-likeness (QED) is 0.756. The number of rotatable bonds is 3. The van der Waals surface area contributed by atoms with Crippen molar-refractivity contribution in [1.82, 2.24) is 4.90 Å². The van der Waals surface area contributed by atoms with Crippen molar-refractivity contribution < 1.29 is 19.1 Å². The lowest BCUT2D eigenvalue weighted by atomic mass is 9.75. The van der Waals surface area contributed by atoms with Gasteiger partial charge in [0.25, 0.3) is 0 Å². The molecule has 3 saturated heterocycles. The van der Waals surface area contributed by atoms with Gasteiger partial charge >= 0.3 is 0 Å². The van der Waals surface area contributed by atoms with Crippen LogP contribution < -0.4 is 15.0 Å². The van der Waals surface area contributed by atoms with Crippen molar-refractivity contribution in [3.63, 3.8) is 0 Å². The molecule has 1 N–H and O–H groups in total. The number of hydrogen-bond donors (Lipinski definition) is 1. The van der Waals surface area contributed by atoms with Gasteiger partial charge in [-0.3, -0.25) is 19.3 Å². The van der Waals surface area contributed by atoms with Gasteiger partial charge in [0.2, 0.25) is 17.7 Å². The van der Waals surface area contributed by atoms with E-state index in [9.17, 15) is 14.4 Å². The number of anilines is 2. The van der Waals surface area contributed by atoms with E-state index >= 15 is 0 Å². The number of nitrogens with one attached hydrogen (secondary N) is 1. The molecule has 0 bridgehead atoms. The Morgan fingerprint density at radius 2 is 1.88 bits per heavy atom. The molecule has 4 heterocycles. The van der Waals surface area contributed by atoms with Crippen LogP contribution in [-0.4, -0.2) is 42.3 Å². The number of carbonyl (C=O) groups excluding carboxylic acids is 3. The summed E-state index contributed by atoms with van der Waals surface area (Å²) in [4.78, 5) is 44.8. The first kappa shape index (κ1) is 19.5. The molecule has 1 spiro atoms. The molecule has 3 fully saturated rings. The fourth-order valence-electron chi connectivity index (χ4n) is 6.57. The molecule has 4 atom stereocenters. The first-order valence-corrected chi connectivity index (χ1v) is 11.3. The normalized spacial score (nSPS) is 30.6. The molecule has 0 aliphatic carbocycles. The highest BCUT2D eigenvalue weighted by Crippen LogP contribution is 2.61. The van der Waals surface area contributed by atoms with Crippen LogP contribution in [0.3, 0.4) is 0 Å². The number of benzene rings is 2. The lowest BCUT2D eigenvalue weighted by Crippen LogP contribution is -2.54. The number of amides is 3. The third-order valence-electron chi connectivity index (χ3n) is 7.83. The molecule has 0 aromatic heterocycles. The van der Waals surface area contributed by atoms with Crippen molar-refractivity contribution >= 4 is 29.1 Å². The summed E-state index contributed by atoms with van der Waals surface area (Å²) in [6.07, 6.45) is 2.51. The maximum absolute atomic E-state index is 13.9. The zero-order valence-electron chi connectivity index (χ0n) is 18.1. The summed E-state index contributed by atoms with van der Waals surface area (Å²) in [5.74, 6) is -1.26. The molecule has 6 rings (SSSR count). The van der Waals surface area contributed by atoms with Gasteiger partial charge in [0.05, 0.1) is 24.6 Å². The number of ether oxygens (including phenoxy) is 1. The van der Waals surface area contributed by atoms with Crippen molar-refractivity contribution in [3.05, 3.63) is 53.6 Å². The van der Waals surface area contributed by atoms with Crippen LogP contribution >= 0.6 is 0 Å². The molecular weight excluding hydrogens is 406 g/mol. The number of imide groups is 1. The summed E-state index contributed by atoms with van der Waals surface area (Å²) in [7, 11) is 1.57. The Morgan fingerprint density at radius 3 is 2.59 bits per heavy atom. The average molecular weight is 431 g/mol. The summed E-state index contributed by atoms with van der Waals surface area (Å²) in [6, 6.07) is 12.8. The highest BCUT2D eigenvalue weighted by atomic mass is 16.5.